The van der Waals surface area contributed by atoms with Crippen molar-refractivity contribution in [2.45, 2.75) is 45.4 Å². The number of carbonyl (C=O) groups is 3. The van der Waals surface area contributed by atoms with Crippen molar-refractivity contribution in [1.82, 2.24) is 10.2 Å². The molecule has 0 aliphatic carbocycles. The van der Waals surface area contributed by atoms with Gasteiger partial charge in [0, 0.05) is 11.3 Å². The summed E-state index contributed by atoms with van der Waals surface area (Å²) in [6.07, 6.45) is -0.859. The first-order valence-corrected chi connectivity index (χ1v) is 12.0. The lowest BCUT2D eigenvalue weighted by Gasteiger charge is -2.33. The SMILES string of the molecule is Cc1cccc(Cl)c1NC(=O)C(c1ccccc1O)N(CC#N)C(=O)C(CS)NC(=O)OC(C)(C)C. The molecule has 2 aromatic carbocycles. The molecule has 11 heteroatoms. The second-order valence-corrected chi connectivity index (χ2v) is 9.66. The summed E-state index contributed by atoms with van der Waals surface area (Å²) in [5.74, 6) is -1.88. The smallest absolute Gasteiger partial charge is 0.408 e. The number of halogens is 1. The van der Waals surface area contributed by atoms with E-state index in [2.05, 4.69) is 23.3 Å². The quantitative estimate of drug-likeness (QED) is 0.297. The summed E-state index contributed by atoms with van der Waals surface area (Å²) < 4.78 is 5.22. The Morgan fingerprint density at radius 1 is 1.19 bits per heavy atom. The summed E-state index contributed by atoms with van der Waals surface area (Å²) in [5, 5.41) is 25.5. The maximum atomic E-state index is 13.6. The Labute approximate surface area is 220 Å². The van der Waals surface area contributed by atoms with Crippen molar-refractivity contribution in [3.63, 3.8) is 0 Å². The van der Waals surface area contributed by atoms with Crippen molar-refractivity contribution in [2.75, 3.05) is 17.6 Å². The Morgan fingerprint density at radius 2 is 1.86 bits per heavy atom. The van der Waals surface area contributed by atoms with E-state index in [1.54, 1.807) is 58.0 Å². The summed E-state index contributed by atoms with van der Waals surface area (Å²) in [6.45, 7) is 6.23. The zero-order valence-electron chi connectivity index (χ0n) is 20.4. The van der Waals surface area contributed by atoms with E-state index < -0.39 is 42.1 Å². The van der Waals surface area contributed by atoms with Crippen molar-refractivity contribution in [3.05, 3.63) is 58.6 Å². The third-order valence-corrected chi connectivity index (χ3v) is 5.64. The molecule has 0 aromatic heterocycles. The van der Waals surface area contributed by atoms with Crippen LogP contribution in [0.25, 0.3) is 0 Å². The van der Waals surface area contributed by atoms with Crippen LogP contribution in [0.4, 0.5) is 10.5 Å². The first-order valence-electron chi connectivity index (χ1n) is 11.0. The van der Waals surface area contributed by atoms with E-state index in [-0.39, 0.29) is 22.1 Å². The molecule has 0 aliphatic rings. The molecule has 0 radical (unpaired) electrons. The zero-order chi connectivity index (χ0) is 27.0. The second kappa shape index (κ2) is 12.5. The Morgan fingerprint density at radius 3 is 2.42 bits per heavy atom. The number of carbonyl (C=O) groups excluding carboxylic acids is 3. The minimum absolute atomic E-state index is 0.0819. The molecule has 9 nitrogen and oxygen atoms in total. The lowest BCUT2D eigenvalue weighted by atomic mass is 10.0. The Balaban J connectivity index is 2.50. The van der Waals surface area contributed by atoms with Crippen LogP contribution in [0, 0.1) is 18.3 Å². The van der Waals surface area contributed by atoms with E-state index in [4.69, 9.17) is 16.3 Å². The standard InChI is InChI=1S/C25H29ClN4O5S/c1-15-8-7-10-17(26)20(15)29-22(32)21(16-9-5-6-11-19(16)31)30(13-12-27)23(33)18(14-36)28-24(34)35-25(2,3)4/h5-11,18,21,31,36H,13-14H2,1-4H3,(H,28,34)(H,29,32). The van der Waals surface area contributed by atoms with Gasteiger partial charge in [-0.1, -0.05) is 41.9 Å². The number of alkyl carbamates (subject to hydrolysis) is 1. The molecule has 2 aromatic rings. The highest BCUT2D eigenvalue weighted by molar-refractivity contribution is 7.80. The number of anilines is 1. The largest absolute Gasteiger partial charge is 0.508 e. The molecule has 0 bridgehead atoms. The third-order valence-electron chi connectivity index (χ3n) is 4.96. The number of benzene rings is 2. The van der Waals surface area contributed by atoms with E-state index in [9.17, 15) is 24.8 Å². The van der Waals surface area contributed by atoms with Crippen LogP contribution in [0.1, 0.15) is 37.9 Å². The van der Waals surface area contributed by atoms with Gasteiger partial charge >= 0.3 is 6.09 Å². The van der Waals surface area contributed by atoms with Gasteiger partial charge in [0.2, 0.25) is 5.91 Å². The molecule has 0 saturated carbocycles. The van der Waals surface area contributed by atoms with Crippen LogP contribution in [0.2, 0.25) is 5.02 Å². The van der Waals surface area contributed by atoms with Gasteiger partial charge in [-0.05, 0) is 45.4 Å². The molecule has 3 amide bonds. The molecule has 3 N–H and O–H groups in total. The number of hydrogen-bond acceptors (Lipinski definition) is 7. The highest BCUT2D eigenvalue weighted by Crippen LogP contribution is 2.32. The predicted molar refractivity (Wildman–Crippen MR) is 140 cm³/mol. The van der Waals surface area contributed by atoms with Crippen molar-refractivity contribution < 1.29 is 24.2 Å². The number of thiol groups is 1. The molecular formula is C25H29ClN4O5S. The number of nitrogens with zero attached hydrogens (tertiary/aromatic N) is 2. The third kappa shape index (κ3) is 7.54. The van der Waals surface area contributed by atoms with Gasteiger partial charge in [0.1, 0.15) is 30.0 Å². The van der Waals surface area contributed by atoms with Crippen LogP contribution >= 0.6 is 24.2 Å². The molecule has 0 saturated heterocycles. The average molecular weight is 533 g/mol. The van der Waals surface area contributed by atoms with E-state index in [0.717, 1.165) is 4.90 Å². The van der Waals surface area contributed by atoms with Crippen molar-refractivity contribution in [2.24, 2.45) is 0 Å². The number of aromatic hydroxyl groups is 1. The van der Waals surface area contributed by atoms with E-state index >= 15 is 0 Å². The Hall–Kier alpha value is -3.42. The fourth-order valence-electron chi connectivity index (χ4n) is 3.36. The Kier molecular flexibility index (Phi) is 10.0. The molecular weight excluding hydrogens is 504 g/mol. The Bertz CT molecular complexity index is 1140. The monoisotopic (exact) mass is 532 g/mol. The van der Waals surface area contributed by atoms with E-state index in [1.807, 2.05) is 6.07 Å². The maximum Gasteiger partial charge on any atom is 0.408 e. The number of phenolic OH excluding ortho intramolecular Hbond substituents is 1. The highest BCUT2D eigenvalue weighted by Gasteiger charge is 2.37. The number of rotatable bonds is 8. The van der Waals surface area contributed by atoms with E-state index in [0.29, 0.717) is 11.3 Å². The van der Waals surface area contributed by atoms with Crippen LogP contribution in [0.5, 0.6) is 5.75 Å². The summed E-state index contributed by atoms with van der Waals surface area (Å²) in [5.41, 5.74) is 0.265. The van der Waals surface area contributed by atoms with Gasteiger partial charge in [-0.25, -0.2) is 4.79 Å². The fourth-order valence-corrected chi connectivity index (χ4v) is 3.88. The van der Waals surface area contributed by atoms with Gasteiger partial charge in [-0.2, -0.15) is 17.9 Å². The zero-order valence-corrected chi connectivity index (χ0v) is 22.1. The maximum absolute atomic E-state index is 13.6. The van der Waals surface area contributed by atoms with Gasteiger partial charge in [-0.15, -0.1) is 0 Å². The summed E-state index contributed by atoms with van der Waals surface area (Å²) in [4.78, 5) is 40.4. The number of hydrogen-bond donors (Lipinski definition) is 4. The number of para-hydroxylation sites is 2. The number of amides is 3. The molecule has 0 aliphatic heterocycles. The van der Waals surface area contributed by atoms with Gasteiger partial charge < -0.3 is 25.4 Å². The minimum Gasteiger partial charge on any atom is -0.508 e. The summed E-state index contributed by atoms with van der Waals surface area (Å²) >= 11 is 10.4. The lowest BCUT2D eigenvalue weighted by Crippen LogP contribution is -2.53. The lowest BCUT2D eigenvalue weighted by molar-refractivity contribution is -0.139. The van der Waals surface area contributed by atoms with Crippen molar-refractivity contribution >= 4 is 47.8 Å². The highest BCUT2D eigenvalue weighted by atomic mass is 35.5. The first kappa shape index (κ1) is 28.8. The summed E-state index contributed by atoms with van der Waals surface area (Å²) in [6, 6.07) is 10.3. The number of aryl methyl sites for hydroxylation is 1. The van der Waals surface area contributed by atoms with Gasteiger partial charge in [0.05, 0.1) is 16.8 Å². The van der Waals surface area contributed by atoms with Crippen LogP contribution in [0.15, 0.2) is 42.5 Å². The van der Waals surface area contributed by atoms with Gasteiger partial charge in [0.15, 0.2) is 0 Å². The fraction of sp³-hybridized carbons (Fsp3) is 0.360. The topological polar surface area (TPSA) is 132 Å². The van der Waals surface area contributed by atoms with Crippen LogP contribution in [-0.2, 0) is 14.3 Å². The first-order chi connectivity index (χ1) is 16.9. The van der Waals surface area contributed by atoms with Crippen LogP contribution in [0.3, 0.4) is 0 Å². The van der Waals surface area contributed by atoms with Crippen LogP contribution < -0.4 is 10.6 Å². The number of ether oxygens (including phenoxy) is 1. The van der Waals surface area contributed by atoms with Gasteiger partial charge in [0.25, 0.3) is 5.91 Å². The molecule has 2 rings (SSSR count). The summed E-state index contributed by atoms with van der Waals surface area (Å²) in [7, 11) is 0. The average Bonchev–Trinajstić information content (AvgIpc) is 2.79. The molecule has 0 heterocycles. The van der Waals surface area contributed by atoms with Crippen molar-refractivity contribution in [1.29, 1.82) is 5.26 Å². The molecule has 2 unspecified atom stereocenters. The number of nitrogens with one attached hydrogen (secondary N) is 2. The molecule has 2 atom stereocenters. The normalized spacial score (nSPS) is 12.6. The van der Waals surface area contributed by atoms with Crippen LogP contribution in [-0.4, -0.2) is 51.9 Å². The molecule has 36 heavy (non-hydrogen) atoms. The molecule has 0 spiro atoms. The molecule has 192 valence electrons. The number of nitriles is 1. The minimum atomic E-state index is -1.43. The van der Waals surface area contributed by atoms with Crippen molar-refractivity contribution in [3.8, 4) is 11.8 Å². The second-order valence-electron chi connectivity index (χ2n) is 8.89. The van der Waals surface area contributed by atoms with Gasteiger partial charge in [-0.3, -0.25) is 9.59 Å². The predicted octanol–water partition coefficient (Wildman–Crippen LogP) is 4.21. The number of phenols is 1. The van der Waals surface area contributed by atoms with E-state index in [1.165, 1.54) is 12.1 Å². The molecule has 0 fully saturated rings.